The summed E-state index contributed by atoms with van der Waals surface area (Å²) in [4.78, 5) is 27.7. The molecule has 0 saturated heterocycles. The Morgan fingerprint density at radius 3 is 2.71 bits per heavy atom. The van der Waals surface area contributed by atoms with Gasteiger partial charge in [-0.3, -0.25) is 4.79 Å². The number of ketones is 1. The number of aliphatic carboxylic acids is 1. The first kappa shape index (κ1) is 19.7. The summed E-state index contributed by atoms with van der Waals surface area (Å²) in [6, 6.07) is 0. The molecule has 0 radical (unpaired) electrons. The molecule has 0 spiro atoms. The first-order chi connectivity index (χ1) is 13.3. The molecule has 154 valence electrons. The van der Waals surface area contributed by atoms with Gasteiger partial charge >= 0.3 is 5.97 Å². The van der Waals surface area contributed by atoms with Gasteiger partial charge in [-0.15, -0.1) is 0 Å². The van der Waals surface area contributed by atoms with Gasteiger partial charge in [-0.05, 0) is 86.5 Å². The summed E-state index contributed by atoms with van der Waals surface area (Å²) in [6.07, 6.45) is 10.7. The molecule has 0 bridgehead atoms. The van der Waals surface area contributed by atoms with Crippen molar-refractivity contribution in [2.24, 2.45) is 39.7 Å². The normalized spacial score (nSPS) is 42.9. The van der Waals surface area contributed by atoms with Crippen molar-refractivity contribution in [2.75, 3.05) is 6.61 Å². The molecule has 4 aliphatic carbocycles. The molecule has 5 heteroatoms. The van der Waals surface area contributed by atoms with Gasteiger partial charge in [-0.25, -0.2) is 4.79 Å². The Bertz CT molecular complexity index is 741. The number of allylic oxidation sites excluding steroid dienone is 1. The maximum atomic E-state index is 12.0. The summed E-state index contributed by atoms with van der Waals surface area (Å²) < 4.78 is 0. The van der Waals surface area contributed by atoms with Gasteiger partial charge in [-0.2, -0.15) is 0 Å². The Morgan fingerprint density at radius 1 is 1.18 bits per heavy atom. The Kier molecular flexibility index (Phi) is 4.91. The second-order valence-electron chi connectivity index (χ2n) is 10.0. The molecular formula is C23H33NO4. The van der Waals surface area contributed by atoms with Crippen LogP contribution in [-0.2, 0) is 14.4 Å². The van der Waals surface area contributed by atoms with E-state index in [1.165, 1.54) is 31.3 Å². The molecule has 4 rings (SSSR count). The van der Waals surface area contributed by atoms with Crippen LogP contribution in [0.2, 0.25) is 0 Å². The molecule has 0 amide bonds. The number of carboxylic acids is 1. The van der Waals surface area contributed by atoms with Gasteiger partial charge in [0.15, 0.2) is 5.78 Å². The van der Waals surface area contributed by atoms with Crippen LogP contribution < -0.4 is 0 Å². The third-order valence-corrected chi connectivity index (χ3v) is 8.86. The van der Waals surface area contributed by atoms with Gasteiger partial charge in [0.2, 0.25) is 6.61 Å². The summed E-state index contributed by atoms with van der Waals surface area (Å²) in [5.41, 5.74) is 2.81. The molecule has 6 unspecified atom stereocenters. The van der Waals surface area contributed by atoms with Crippen molar-refractivity contribution in [3.63, 3.8) is 0 Å². The highest BCUT2D eigenvalue weighted by atomic mass is 16.6. The van der Waals surface area contributed by atoms with Gasteiger partial charge in [0.05, 0.1) is 5.71 Å². The number of carboxylic acid groups (broad SMARTS) is 1. The minimum Gasteiger partial charge on any atom is -0.479 e. The SMILES string of the molecule is C/C(=N/OCC(=O)O)C1CCC2C3CCC4=CC(=O)CCC4(C)C3CCC12C. The van der Waals surface area contributed by atoms with E-state index in [1.54, 1.807) is 0 Å². The summed E-state index contributed by atoms with van der Waals surface area (Å²) in [5.74, 6) is 1.82. The zero-order chi connectivity index (χ0) is 20.1. The zero-order valence-electron chi connectivity index (χ0n) is 17.4. The highest BCUT2D eigenvalue weighted by Gasteiger charge is 2.59. The Hall–Kier alpha value is -1.65. The van der Waals surface area contributed by atoms with Gasteiger partial charge in [0.25, 0.3) is 0 Å². The molecule has 0 aromatic heterocycles. The van der Waals surface area contributed by atoms with Gasteiger partial charge < -0.3 is 9.94 Å². The van der Waals surface area contributed by atoms with Crippen LogP contribution in [0.15, 0.2) is 16.8 Å². The van der Waals surface area contributed by atoms with Gasteiger partial charge in [0, 0.05) is 12.3 Å². The number of fused-ring (bicyclic) bond motifs is 5. The van der Waals surface area contributed by atoms with Crippen LogP contribution in [-0.4, -0.2) is 29.2 Å². The maximum absolute atomic E-state index is 12.0. The van der Waals surface area contributed by atoms with E-state index in [4.69, 9.17) is 9.94 Å². The first-order valence-electron chi connectivity index (χ1n) is 10.9. The predicted octanol–water partition coefficient (Wildman–Crippen LogP) is 4.61. The number of oxime groups is 1. The second kappa shape index (κ2) is 7.00. The third-order valence-electron chi connectivity index (χ3n) is 8.86. The summed E-state index contributed by atoms with van der Waals surface area (Å²) >= 11 is 0. The second-order valence-corrected chi connectivity index (χ2v) is 10.0. The Balaban J connectivity index is 1.55. The average Bonchev–Trinajstić information content (AvgIpc) is 2.99. The molecule has 0 aromatic rings. The molecule has 0 aromatic carbocycles. The Morgan fingerprint density at radius 2 is 1.96 bits per heavy atom. The molecule has 28 heavy (non-hydrogen) atoms. The summed E-state index contributed by atoms with van der Waals surface area (Å²) in [6.45, 7) is 6.48. The van der Waals surface area contributed by atoms with Gasteiger partial charge in [-0.1, -0.05) is 24.6 Å². The van der Waals surface area contributed by atoms with E-state index in [2.05, 4.69) is 19.0 Å². The molecule has 0 aliphatic heterocycles. The lowest BCUT2D eigenvalue weighted by atomic mass is 9.46. The lowest BCUT2D eigenvalue weighted by Crippen LogP contribution is -2.51. The lowest BCUT2D eigenvalue weighted by molar-refractivity contribution is -0.142. The van der Waals surface area contributed by atoms with Crippen molar-refractivity contribution in [1.29, 1.82) is 0 Å². The van der Waals surface area contributed by atoms with E-state index in [0.717, 1.165) is 30.9 Å². The number of hydrogen-bond acceptors (Lipinski definition) is 4. The van der Waals surface area contributed by atoms with Crippen LogP contribution in [0, 0.1) is 34.5 Å². The van der Waals surface area contributed by atoms with Crippen molar-refractivity contribution in [3.8, 4) is 0 Å². The fourth-order valence-corrected chi connectivity index (χ4v) is 7.50. The number of carbonyl (C=O) groups excluding carboxylic acids is 1. The third kappa shape index (κ3) is 3.02. The molecule has 4 aliphatic rings. The Labute approximate surface area is 167 Å². The van der Waals surface area contributed by atoms with Crippen LogP contribution in [0.25, 0.3) is 0 Å². The van der Waals surface area contributed by atoms with Crippen LogP contribution in [0.3, 0.4) is 0 Å². The van der Waals surface area contributed by atoms with Crippen molar-refractivity contribution in [3.05, 3.63) is 11.6 Å². The molecule has 3 fully saturated rings. The number of hydrogen-bond donors (Lipinski definition) is 1. The standard InChI is InChI=1S/C23H33NO4/c1-14(24-28-13-21(26)27)18-6-7-19-17-5-4-15-12-16(25)8-10-22(15,2)20(17)9-11-23(18,19)3/h12,17-20H,4-11,13H2,1-3H3,(H,26,27)/b24-14-. The predicted molar refractivity (Wildman–Crippen MR) is 107 cm³/mol. The molecule has 1 N–H and O–H groups in total. The fraction of sp³-hybridized carbons (Fsp3) is 0.783. The highest BCUT2D eigenvalue weighted by Crippen LogP contribution is 2.66. The van der Waals surface area contributed by atoms with Crippen molar-refractivity contribution in [1.82, 2.24) is 0 Å². The van der Waals surface area contributed by atoms with E-state index in [0.29, 0.717) is 30.0 Å². The molecule has 3 saturated carbocycles. The monoisotopic (exact) mass is 387 g/mol. The van der Waals surface area contributed by atoms with Crippen LogP contribution in [0.5, 0.6) is 0 Å². The van der Waals surface area contributed by atoms with E-state index >= 15 is 0 Å². The summed E-state index contributed by atoms with van der Waals surface area (Å²) in [7, 11) is 0. The minimum atomic E-state index is -0.988. The maximum Gasteiger partial charge on any atom is 0.344 e. The number of carbonyl (C=O) groups is 2. The summed E-state index contributed by atoms with van der Waals surface area (Å²) in [5, 5.41) is 12.9. The van der Waals surface area contributed by atoms with Crippen LogP contribution in [0.4, 0.5) is 0 Å². The largest absolute Gasteiger partial charge is 0.479 e. The van der Waals surface area contributed by atoms with E-state index in [-0.39, 0.29) is 17.4 Å². The van der Waals surface area contributed by atoms with E-state index < -0.39 is 5.97 Å². The zero-order valence-corrected chi connectivity index (χ0v) is 17.4. The van der Waals surface area contributed by atoms with Crippen molar-refractivity contribution < 1.29 is 19.5 Å². The fourth-order valence-electron chi connectivity index (χ4n) is 7.50. The molecule has 0 heterocycles. The molecule has 5 nitrogen and oxygen atoms in total. The van der Waals surface area contributed by atoms with Crippen molar-refractivity contribution in [2.45, 2.75) is 72.1 Å². The first-order valence-corrected chi connectivity index (χ1v) is 10.9. The molecular weight excluding hydrogens is 354 g/mol. The average molecular weight is 388 g/mol. The van der Waals surface area contributed by atoms with Gasteiger partial charge in [0.1, 0.15) is 0 Å². The minimum absolute atomic E-state index is 0.212. The topological polar surface area (TPSA) is 76.0 Å². The van der Waals surface area contributed by atoms with Crippen LogP contribution in [0.1, 0.15) is 72.1 Å². The highest BCUT2D eigenvalue weighted by molar-refractivity contribution is 5.91. The number of rotatable bonds is 4. The van der Waals surface area contributed by atoms with Crippen LogP contribution >= 0.6 is 0 Å². The smallest absolute Gasteiger partial charge is 0.344 e. The van der Waals surface area contributed by atoms with E-state index in [1.807, 2.05) is 13.0 Å². The van der Waals surface area contributed by atoms with E-state index in [9.17, 15) is 9.59 Å². The van der Waals surface area contributed by atoms with Crippen molar-refractivity contribution >= 4 is 17.5 Å². The number of nitrogens with zero attached hydrogens (tertiary/aromatic N) is 1. The lowest BCUT2D eigenvalue weighted by Gasteiger charge is -2.58. The molecule has 6 atom stereocenters. The quantitative estimate of drug-likeness (QED) is 0.564.